The first-order chi connectivity index (χ1) is 15.2. The maximum Gasteiger partial charge on any atom is 0.253 e. The molecule has 3 aromatic rings. The lowest BCUT2D eigenvalue weighted by molar-refractivity contribution is -0.0507. The van der Waals surface area contributed by atoms with Crippen LogP contribution in [-0.4, -0.2) is 58.6 Å². The molecule has 0 saturated carbocycles. The molecule has 2 fully saturated rings. The average molecular weight is 413 g/mol. The molecule has 0 aliphatic carbocycles. The Morgan fingerprint density at radius 1 is 1.00 bits per heavy atom. The third kappa shape index (κ3) is 2.99. The second kappa shape index (κ2) is 7.13. The lowest BCUT2D eigenvalue weighted by Crippen LogP contribution is -2.49. The summed E-state index contributed by atoms with van der Waals surface area (Å²) in [6.07, 6.45) is 7.55. The van der Waals surface area contributed by atoms with E-state index in [0.717, 1.165) is 55.0 Å². The third-order valence-corrected chi connectivity index (χ3v) is 6.56. The van der Waals surface area contributed by atoms with Gasteiger partial charge in [0.05, 0.1) is 24.3 Å². The maximum atomic E-state index is 13.0. The van der Waals surface area contributed by atoms with Gasteiger partial charge >= 0.3 is 0 Å². The van der Waals surface area contributed by atoms with Crippen LogP contribution in [0.3, 0.4) is 0 Å². The highest BCUT2D eigenvalue weighted by atomic mass is 16.5. The molecule has 31 heavy (non-hydrogen) atoms. The van der Waals surface area contributed by atoms with Crippen molar-refractivity contribution in [2.24, 2.45) is 0 Å². The molecule has 156 valence electrons. The second-order valence-electron chi connectivity index (χ2n) is 8.58. The van der Waals surface area contributed by atoms with E-state index in [1.165, 1.54) is 5.56 Å². The van der Waals surface area contributed by atoms with E-state index in [2.05, 4.69) is 25.9 Å². The Labute approximate surface area is 180 Å². The van der Waals surface area contributed by atoms with Gasteiger partial charge < -0.3 is 14.5 Å². The van der Waals surface area contributed by atoms with Crippen molar-refractivity contribution < 1.29 is 9.53 Å². The molecule has 1 aromatic carbocycles. The molecule has 1 spiro atoms. The second-order valence-corrected chi connectivity index (χ2v) is 8.58. The molecule has 3 aliphatic heterocycles. The molecule has 1 amide bonds. The van der Waals surface area contributed by atoms with Gasteiger partial charge in [0.15, 0.2) is 0 Å². The zero-order chi connectivity index (χ0) is 20.8. The van der Waals surface area contributed by atoms with Gasteiger partial charge in [0, 0.05) is 55.0 Å². The van der Waals surface area contributed by atoms with E-state index in [0.29, 0.717) is 19.2 Å². The molecular weight excluding hydrogens is 390 g/mol. The standard InChI is InChI=1S/C24H23N5O2/c30-22(28-9-3-4-10-28)17-6-7-19-21(11-17)29(14-24(19)15-31-16-24)23-26-12-18(13-27-23)20-5-1-2-8-25-20/h1-2,5-8,11-13H,3-4,9-10,14-16H2. The highest BCUT2D eigenvalue weighted by Gasteiger charge is 2.49. The Hall–Kier alpha value is -3.32. The van der Waals surface area contributed by atoms with Gasteiger partial charge in [-0.05, 0) is 42.7 Å². The third-order valence-electron chi connectivity index (χ3n) is 6.56. The first-order valence-corrected chi connectivity index (χ1v) is 10.8. The van der Waals surface area contributed by atoms with Gasteiger partial charge in [-0.15, -0.1) is 0 Å². The summed E-state index contributed by atoms with van der Waals surface area (Å²) in [4.78, 5) is 30.7. The maximum absolute atomic E-state index is 13.0. The van der Waals surface area contributed by atoms with Gasteiger partial charge in [-0.3, -0.25) is 9.78 Å². The van der Waals surface area contributed by atoms with Crippen LogP contribution in [0.4, 0.5) is 11.6 Å². The Balaban J connectivity index is 1.36. The number of anilines is 2. The molecule has 5 heterocycles. The Morgan fingerprint density at radius 3 is 2.48 bits per heavy atom. The summed E-state index contributed by atoms with van der Waals surface area (Å²) in [5, 5.41) is 0. The zero-order valence-corrected chi connectivity index (χ0v) is 17.2. The Kier molecular flexibility index (Phi) is 4.24. The van der Waals surface area contributed by atoms with Crippen LogP contribution < -0.4 is 4.90 Å². The number of aromatic nitrogens is 3. The van der Waals surface area contributed by atoms with Crippen LogP contribution in [-0.2, 0) is 10.2 Å². The predicted molar refractivity (Wildman–Crippen MR) is 116 cm³/mol. The molecule has 7 heteroatoms. The number of pyridine rings is 1. The molecule has 3 aliphatic rings. The number of benzene rings is 1. The van der Waals surface area contributed by atoms with Crippen LogP contribution in [0.5, 0.6) is 0 Å². The van der Waals surface area contributed by atoms with Crippen molar-refractivity contribution >= 4 is 17.5 Å². The first kappa shape index (κ1) is 18.4. The number of carbonyl (C=O) groups is 1. The molecule has 0 N–H and O–H groups in total. The van der Waals surface area contributed by atoms with Crippen molar-refractivity contribution in [3.63, 3.8) is 0 Å². The minimum atomic E-state index is -0.0480. The lowest BCUT2D eigenvalue weighted by Gasteiger charge is -2.38. The monoisotopic (exact) mass is 413 g/mol. The molecule has 7 nitrogen and oxygen atoms in total. The number of fused-ring (bicyclic) bond motifs is 2. The normalized spacial score (nSPS) is 18.8. The average Bonchev–Trinajstić information content (AvgIpc) is 3.45. The molecule has 2 aromatic heterocycles. The van der Waals surface area contributed by atoms with Crippen molar-refractivity contribution in [3.8, 4) is 11.3 Å². The van der Waals surface area contributed by atoms with Crippen molar-refractivity contribution in [2.75, 3.05) is 37.7 Å². The van der Waals surface area contributed by atoms with Crippen LogP contribution in [0.1, 0.15) is 28.8 Å². The number of hydrogen-bond acceptors (Lipinski definition) is 6. The molecular formula is C24H23N5O2. The van der Waals surface area contributed by atoms with Crippen LogP contribution >= 0.6 is 0 Å². The number of likely N-dealkylation sites (tertiary alicyclic amines) is 1. The summed E-state index contributed by atoms with van der Waals surface area (Å²) in [5.74, 6) is 0.743. The van der Waals surface area contributed by atoms with Crippen LogP contribution in [0, 0.1) is 0 Å². The smallest absolute Gasteiger partial charge is 0.253 e. The van der Waals surface area contributed by atoms with E-state index in [-0.39, 0.29) is 11.3 Å². The number of hydrogen-bond donors (Lipinski definition) is 0. The van der Waals surface area contributed by atoms with Gasteiger partial charge in [-0.25, -0.2) is 9.97 Å². The molecule has 0 radical (unpaired) electrons. The molecule has 2 saturated heterocycles. The fourth-order valence-corrected chi connectivity index (χ4v) is 4.81. The van der Waals surface area contributed by atoms with Gasteiger partial charge in [0.2, 0.25) is 5.95 Å². The number of rotatable bonds is 3. The first-order valence-electron chi connectivity index (χ1n) is 10.8. The van der Waals surface area contributed by atoms with Crippen LogP contribution in [0.15, 0.2) is 55.0 Å². The SMILES string of the molecule is O=C(c1ccc2c(c1)N(c1ncc(-c3ccccn3)cn1)CC21COC1)N1CCCC1. The van der Waals surface area contributed by atoms with E-state index < -0.39 is 0 Å². The lowest BCUT2D eigenvalue weighted by atomic mass is 9.80. The topological polar surface area (TPSA) is 71.5 Å². The van der Waals surface area contributed by atoms with E-state index in [1.807, 2.05) is 47.6 Å². The quantitative estimate of drug-likeness (QED) is 0.657. The number of ether oxygens (including phenoxy) is 1. The van der Waals surface area contributed by atoms with Gasteiger partial charge in [0.25, 0.3) is 5.91 Å². The van der Waals surface area contributed by atoms with Crippen molar-refractivity contribution in [1.82, 2.24) is 19.9 Å². The molecule has 0 atom stereocenters. The zero-order valence-electron chi connectivity index (χ0n) is 17.2. The summed E-state index contributed by atoms with van der Waals surface area (Å²) in [6.45, 7) is 3.81. The Bertz CT molecular complexity index is 1120. The summed E-state index contributed by atoms with van der Waals surface area (Å²) in [5.41, 5.74) is 4.64. The Morgan fingerprint density at radius 2 is 1.81 bits per heavy atom. The molecule has 0 unspecified atom stereocenters. The van der Waals surface area contributed by atoms with E-state index in [4.69, 9.17) is 4.74 Å². The largest absolute Gasteiger partial charge is 0.379 e. The van der Waals surface area contributed by atoms with Gasteiger partial charge in [0.1, 0.15) is 0 Å². The minimum absolute atomic E-state index is 0.0480. The highest BCUT2D eigenvalue weighted by molar-refractivity contribution is 5.96. The number of carbonyl (C=O) groups excluding carboxylic acids is 1. The fraction of sp³-hybridized carbons (Fsp3) is 0.333. The molecule has 6 rings (SSSR count). The van der Waals surface area contributed by atoms with E-state index >= 15 is 0 Å². The fourth-order valence-electron chi connectivity index (χ4n) is 4.81. The van der Waals surface area contributed by atoms with Crippen LogP contribution in [0.2, 0.25) is 0 Å². The summed E-state index contributed by atoms with van der Waals surface area (Å²) >= 11 is 0. The van der Waals surface area contributed by atoms with E-state index in [1.54, 1.807) is 6.20 Å². The summed E-state index contributed by atoms with van der Waals surface area (Å²) in [6, 6.07) is 11.9. The molecule has 0 bridgehead atoms. The van der Waals surface area contributed by atoms with Gasteiger partial charge in [-0.2, -0.15) is 0 Å². The van der Waals surface area contributed by atoms with E-state index in [9.17, 15) is 4.79 Å². The van der Waals surface area contributed by atoms with Crippen molar-refractivity contribution in [1.29, 1.82) is 0 Å². The minimum Gasteiger partial charge on any atom is -0.379 e. The van der Waals surface area contributed by atoms with Crippen molar-refractivity contribution in [3.05, 3.63) is 66.1 Å². The predicted octanol–water partition coefficient (Wildman–Crippen LogP) is 3.19. The summed E-state index contributed by atoms with van der Waals surface area (Å²) < 4.78 is 5.59. The van der Waals surface area contributed by atoms with Crippen molar-refractivity contribution in [2.45, 2.75) is 18.3 Å². The number of amides is 1. The van der Waals surface area contributed by atoms with Crippen LogP contribution in [0.25, 0.3) is 11.3 Å². The number of nitrogens with zero attached hydrogens (tertiary/aromatic N) is 5. The highest BCUT2D eigenvalue weighted by Crippen LogP contribution is 2.47. The summed E-state index contributed by atoms with van der Waals surface area (Å²) in [7, 11) is 0. The van der Waals surface area contributed by atoms with Gasteiger partial charge in [-0.1, -0.05) is 12.1 Å².